The Kier molecular flexibility index (Phi) is 4.35. The Labute approximate surface area is 116 Å². The first-order valence-corrected chi connectivity index (χ1v) is 8.13. The predicted octanol–water partition coefficient (Wildman–Crippen LogP) is 1.23. The van der Waals surface area contributed by atoms with E-state index in [4.69, 9.17) is 0 Å². The number of aromatic amines is 1. The summed E-state index contributed by atoms with van der Waals surface area (Å²) in [6, 6.07) is 1.30. The molecule has 3 N–H and O–H groups in total. The molecule has 0 fully saturated rings. The van der Waals surface area contributed by atoms with Crippen LogP contribution in [0.25, 0.3) is 0 Å². The van der Waals surface area contributed by atoms with E-state index >= 15 is 0 Å². The Hall–Kier alpha value is -1.22. The van der Waals surface area contributed by atoms with Crippen LogP contribution in [0.5, 0.6) is 0 Å². The highest BCUT2D eigenvalue weighted by Gasteiger charge is 2.22. The fourth-order valence-corrected chi connectivity index (χ4v) is 4.41. The molecule has 6 nitrogen and oxygen atoms in total. The van der Waals surface area contributed by atoms with Gasteiger partial charge in [-0.05, 0) is 25.4 Å². The zero-order valence-electron chi connectivity index (χ0n) is 10.7. The maximum absolute atomic E-state index is 12.3. The fourth-order valence-electron chi connectivity index (χ4n) is 1.72. The number of hydrogen-bond acceptors (Lipinski definition) is 5. The van der Waals surface area contributed by atoms with Gasteiger partial charge >= 0.3 is 0 Å². The summed E-state index contributed by atoms with van der Waals surface area (Å²) < 4.78 is 27.3. The minimum atomic E-state index is -3.52. The van der Waals surface area contributed by atoms with Crippen LogP contribution in [0.15, 0.2) is 28.7 Å². The first-order chi connectivity index (χ1) is 9.04. The fraction of sp³-hybridized carbons (Fsp3) is 0.364. The standard InChI is InChI=1S/C11H16N4O2S2/c1-8(9-5-13-14-6-9)15-19(16,17)11-3-4-18-10(11)7-12-2/h3-6,8,12,15H,7H2,1-2H3,(H,13,14). The van der Waals surface area contributed by atoms with E-state index in [1.165, 1.54) is 11.3 Å². The second-order valence-electron chi connectivity index (χ2n) is 4.11. The molecule has 0 aliphatic carbocycles. The normalized spacial score (nSPS) is 13.6. The van der Waals surface area contributed by atoms with E-state index < -0.39 is 10.0 Å². The van der Waals surface area contributed by atoms with Crippen LogP contribution in [-0.4, -0.2) is 25.7 Å². The summed E-state index contributed by atoms with van der Waals surface area (Å²) in [5.41, 5.74) is 0.800. The molecule has 2 aromatic rings. The lowest BCUT2D eigenvalue weighted by molar-refractivity contribution is 0.566. The molecule has 1 atom stereocenters. The molecule has 0 bridgehead atoms. The molecular weight excluding hydrogens is 284 g/mol. The number of rotatable bonds is 6. The molecule has 0 saturated heterocycles. The van der Waals surface area contributed by atoms with Gasteiger partial charge in [0.1, 0.15) is 0 Å². The number of thiophene rings is 1. The van der Waals surface area contributed by atoms with Crippen LogP contribution in [0.4, 0.5) is 0 Å². The highest BCUT2D eigenvalue weighted by Crippen LogP contribution is 2.23. The Morgan fingerprint density at radius 1 is 1.53 bits per heavy atom. The van der Waals surface area contributed by atoms with Crippen LogP contribution in [0.2, 0.25) is 0 Å². The largest absolute Gasteiger partial charge is 0.315 e. The quantitative estimate of drug-likeness (QED) is 0.749. The first-order valence-electron chi connectivity index (χ1n) is 5.76. The van der Waals surface area contributed by atoms with Crippen LogP contribution in [0.3, 0.4) is 0 Å². The van der Waals surface area contributed by atoms with Gasteiger partial charge in [-0.25, -0.2) is 13.1 Å². The van der Waals surface area contributed by atoms with Gasteiger partial charge in [0.15, 0.2) is 0 Å². The summed E-state index contributed by atoms with van der Waals surface area (Å²) >= 11 is 1.43. The number of hydrogen-bond donors (Lipinski definition) is 3. The predicted molar refractivity (Wildman–Crippen MR) is 74.4 cm³/mol. The molecule has 0 radical (unpaired) electrons. The molecule has 19 heavy (non-hydrogen) atoms. The Bertz CT molecular complexity index is 619. The summed E-state index contributed by atoms with van der Waals surface area (Å²) in [6.45, 7) is 2.32. The molecule has 8 heteroatoms. The van der Waals surface area contributed by atoms with Gasteiger partial charge in [0.25, 0.3) is 0 Å². The van der Waals surface area contributed by atoms with E-state index in [0.717, 1.165) is 10.4 Å². The number of nitrogens with one attached hydrogen (secondary N) is 3. The third-order valence-electron chi connectivity index (χ3n) is 2.68. The van der Waals surface area contributed by atoms with Crippen molar-refractivity contribution >= 4 is 21.4 Å². The van der Waals surface area contributed by atoms with E-state index in [9.17, 15) is 8.42 Å². The van der Waals surface area contributed by atoms with E-state index in [0.29, 0.717) is 11.4 Å². The second kappa shape index (κ2) is 5.83. The van der Waals surface area contributed by atoms with Crippen LogP contribution in [0, 0.1) is 0 Å². The van der Waals surface area contributed by atoms with Crippen molar-refractivity contribution in [2.75, 3.05) is 7.05 Å². The van der Waals surface area contributed by atoms with E-state index in [-0.39, 0.29) is 6.04 Å². The molecule has 2 aromatic heterocycles. The lowest BCUT2D eigenvalue weighted by Crippen LogP contribution is -2.27. The zero-order chi connectivity index (χ0) is 13.9. The number of nitrogens with zero attached hydrogens (tertiary/aromatic N) is 1. The molecule has 0 saturated carbocycles. The van der Waals surface area contributed by atoms with Crippen molar-refractivity contribution in [3.63, 3.8) is 0 Å². The minimum absolute atomic E-state index is 0.328. The van der Waals surface area contributed by atoms with Crippen molar-refractivity contribution in [3.05, 3.63) is 34.3 Å². The smallest absolute Gasteiger partial charge is 0.242 e. The van der Waals surface area contributed by atoms with Gasteiger partial charge < -0.3 is 5.32 Å². The van der Waals surface area contributed by atoms with Crippen molar-refractivity contribution in [2.45, 2.75) is 24.4 Å². The highest BCUT2D eigenvalue weighted by molar-refractivity contribution is 7.89. The zero-order valence-corrected chi connectivity index (χ0v) is 12.3. The minimum Gasteiger partial charge on any atom is -0.315 e. The van der Waals surface area contributed by atoms with Crippen molar-refractivity contribution in [1.82, 2.24) is 20.2 Å². The molecule has 1 unspecified atom stereocenters. The van der Waals surface area contributed by atoms with Crippen molar-refractivity contribution in [1.29, 1.82) is 0 Å². The molecular formula is C11H16N4O2S2. The van der Waals surface area contributed by atoms with Crippen molar-refractivity contribution < 1.29 is 8.42 Å². The molecule has 2 heterocycles. The molecule has 0 amide bonds. The van der Waals surface area contributed by atoms with Gasteiger partial charge in [-0.15, -0.1) is 11.3 Å². The van der Waals surface area contributed by atoms with Crippen LogP contribution in [-0.2, 0) is 16.6 Å². The third kappa shape index (κ3) is 3.21. The summed E-state index contributed by atoms with van der Waals surface area (Å²) in [4.78, 5) is 1.14. The average molecular weight is 300 g/mol. The summed E-state index contributed by atoms with van der Waals surface area (Å²) in [6.07, 6.45) is 3.28. The summed E-state index contributed by atoms with van der Waals surface area (Å²) in [5, 5.41) is 11.2. The lowest BCUT2D eigenvalue weighted by atomic mass is 10.2. The monoisotopic (exact) mass is 300 g/mol. The Balaban J connectivity index is 2.20. The highest BCUT2D eigenvalue weighted by atomic mass is 32.2. The van der Waals surface area contributed by atoms with Crippen LogP contribution < -0.4 is 10.0 Å². The van der Waals surface area contributed by atoms with E-state index in [1.807, 2.05) is 0 Å². The summed E-state index contributed by atoms with van der Waals surface area (Å²) in [7, 11) is -1.73. The Morgan fingerprint density at radius 3 is 2.95 bits per heavy atom. The van der Waals surface area contributed by atoms with Crippen LogP contribution >= 0.6 is 11.3 Å². The number of sulfonamides is 1. The molecule has 2 rings (SSSR count). The summed E-state index contributed by atoms with van der Waals surface area (Å²) in [5.74, 6) is 0. The van der Waals surface area contributed by atoms with Gasteiger partial charge in [0.05, 0.1) is 11.1 Å². The van der Waals surface area contributed by atoms with Crippen molar-refractivity contribution in [3.8, 4) is 0 Å². The molecule has 0 aliphatic heterocycles. The number of H-pyrrole nitrogens is 1. The molecule has 104 valence electrons. The van der Waals surface area contributed by atoms with Gasteiger partial charge in [-0.3, -0.25) is 5.10 Å². The average Bonchev–Trinajstić information content (AvgIpc) is 2.99. The third-order valence-corrected chi connectivity index (χ3v) is 5.36. The maximum Gasteiger partial charge on any atom is 0.242 e. The second-order valence-corrected chi connectivity index (χ2v) is 6.80. The topological polar surface area (TPSA) is 86.9 Å². The van der Waals surface area contributed by atoms with Gasteiger partial charge in [0, 0.05) is 29.2 Å². The molecule has 0 aromatic carbocycles. The van der Waals surface area contributed by atoms with Gasteiger partial charge in [-0.1, -0.05) is 0 Å². The maximum atomic E-state index is 12.3. The van der Waals surface area contributed by atoms with Crippen molar-refractivity contribution in [2.24, 2.45) is 0 Å². The van der Waals surface area contributed by atoms with Gasteiger partial charge in [-0.2, -0.15) is 5.10 Å². The van der Waals surface area contributed by atoms with Crippen LogP contribution in [0.1, 0.15) is 23.4 Å². The first kappa shape index (κ1) is 14.2. The van der Waals surface area contributed by atoms with E-state index in [2.05, 4.69) is 20.2 Å². The molecule has 0 aliphatic rings. The van der Waals surface area contributed by atoms with Gasteiger partial charge in [0.2, 0.25) is 10.0 Å². The SMILES string of the molecule is CNCc1sccc1S(=O)(=O)NC(C)c1cn[nH]c1. The number of aromatic nitrogens is 2. The van der Waals surface area contributed by atoms with E-state index in [1.54, 1.807) is 37.8 Å². The lowest BCUT2D eigenvalue weighted by Gasteiger charge is -2.13. The Morgan fingerprint density at radius 2 is 2.32 bits per heavy atom. The molecule has 0 spiro atoms.